The Morgan fingerprint density at radius 3 is 2.65 bits per heavy atom. The minimum atomic E-state index is -1.89. The Kier molecular flexibility index (Phi) is 2.37. The van der Waals surface area contributed by atoms with E-state index in [2.05, 4.69) is 13.2 Å². The molecule has 4 atom stereocenters. The molecule has 2 aliphatic heterocycles. The van der Waals surface area contributed by atoms with Crippen molar-refractivity contribution in [2.75, 3.05) is 0 Å². The van der Waals surface area contributed by atoms with Crippen LogP contribution in [0, 0.1) is 11.3 Å². The summed E-state index contributed by atoms with van der Waals surface area (Å²) < 4.78 is 10.4. The van der Waals surface area contributed by atoms with Gasteiger partial charge in [0.15, 0.2) is 6.10 Å². The summed E-state index contributed by atoms with van der Waals surface area (Å²) in [6.07, 6.45) is 0.970. The SMILES string of the molecule is C=CC1(C)C2CC3=C(C)C(=O)OC3(O)C1OC(=O)C2=C. The molecule has 0 aromatic heterocycles. The largest absolute Gasteiger partial charge is 0.451 e. The molecule has 2 heterocycles. The van der Waals surface area contributed by atoms with E-state index in [9.17, 15) is 14.7 Å². The molecule has 0 aromatic carbocycles. The Balaban J connectivity index is 2.22. The maximum Gasteiger partial charge on any atom is 0.336 e. The van der Waals surface area contributed by atoms with Crippen LogP contribution in [0.4, 0.5) is 0 Å². The zero-order valence-electron chi connectivity index (χ0n) is 11.4. The molecule has 0 aromatic rings. The van der Waals surface area contributed by atoms with Gasteiger partial charge in [-0.15, -0.1) is 6.58 Å². The fraction of sp³-hybridized carbons (Fsp3) is 0.467. The number of rotatable bonds is 1. The summed E-state index contributed by atoms with van der Waals surface area (Å²) in [5, 5.41) is 10.8. The maximum atomic E-state index is 11.9. The van der Waals surface area contributed by atoms with Crippen LogP contribution in [0.2, 0.25) is 0 Å². The lowest BCUT2D eigenvalue weighted by molar-refractivity contribution is -0.262. The Morgan fingerprint density at radius 1 is 1.40 bits per heavy atom. The summed E-state index contributed by atoms with van der Waals surface area (Å²) in [4.78, 5) is 23.6. The molecule has 2 fully saturated rings. The van der Waals surface area contributed by atoms with Gasteiger partial charge in [-0.1, -0.05) is 19.6 Å². The molecule has 1 aliphatic carbocycles. The van der Waals surface area contributed by atoms with Crippen molar-refractivity contribution in [1.82, 2.24) is 0 Å². The molecule has 3 rings (SSSR count). The quantitative estimate of drug-likeness (QED) is 0.443. The van der Waals surface area contributed by atoms with Crippen LogP contribution < -0.4 is 0 Å². The van der Waals surface area contributed by atoms with Gasteiger partial charge in [0.1, 0.15) is 0 Å². The molecule has 2 bridgehead atoms. The first-order valence-electron chi connectivity index (χ1n) is 6.45. The molecule has 20 heavy (non-hydrogen) atoms. The standard InChI is InChI=1S/C15H16O5/c1-5-14(4)9-6-10-8(3)12(17)20-15(10,18)13(14)19-11(16)7(9)2/h5,9,13,18H,1-2,6H2,3-4H3. The summed E-state index contributed by atoms with van der Waals surface area (Å²) >= 11 is 0. The van der Waals surface area contributed by atoms with E-state index in [1.165, 1.54) is 0 Å². The van der Waals surface area contributed by atoms with Gasteiger partial charge in [-0.2, -0.15) is 0 Å². The Labute approximate surface area is 116 Å². The monoisotopic (exact) mass is 276 g/mol. The highest BCUT2D eigenvalue weighted by Crippen LogP contribution is 2.58. The van der Waals surface area contributed by atoms with Crippen molar-refractivity contribution in [3.8, 4) is 0 Å². The van der Waals surface area contributed by atoms with Crippen molar-refractivity contribution in [3.05, 3.63) is 36.0 Å². The number of esters is 2. The minimum absolute atomic E-state index is 0.258. The molecule has 0 spiro atoms. The highest BCUT2D eigenvalue weighted by Gasteiger charge is 2.67. The highest BCUT2D eigenvalue weighted by molar-refractivity contribution is 5.94. The van der Waals surface area contributed by atoms with Crippen molar-refractivity contribution in [2.24, 2.45) is 11.3 Å². The van der Waals surface area contributed by atoms with E-state index in [4.69, 9.17) is 9.47 Å². The van der Waals surface area contributed by atoms with E-state index >= 15 is 0 Å². The second kappa shape index (κ2) is 3.61. The van der Waals surface area contributed by atoms with Crippen LogP contribution in [0.15, 0.2) is 36.0 Å². The van der Waals surface area contributed by atoms with Crippen LogP contribution in [-0.2, 0) is 19.1 Å². The number of hydrogen-bond donors (Lipinski definition) is 1. The van der Waals surface area contributed by atoms with Crippen LogP contribution in [0.5, 0.6) is 0 Å². The van der Waals surface area contributed by atoms with Crippen LogP contribution in [0.1, 0.15) is 20.3 Å². The molecule has 5 heteroatoms. The van der Waals surface area contributed by atoms with Gasteiger partial charge >= 0.3 is 11.9 Å². The second-order valence-corrected chi connectivity index (χ2v) is 5.83. The first-order chi connectivity index (χ1) is 9.25. The van der Waals surface area contributed by atoms with E-state index in [0.717, 1.165) is 0 Å². The highest BCUT2D eigenvalue weighted by atomic mass is 16.7. The molecular weight excluding hydrogens is 260 g/mol. The normalized spacial score (nSPS) is 43.0. The van der Waals surface area contributed by atoms with Crippen molar-refractivity contribution in [1.29, 1.82) is 0 Å². The first-order valence-corrected chi connectivity index (χ1v) is 6.45. The lowest BCUT2D eigenvalue weighted by Crippen LogP contribution is -2.63. The zero-order chi connectivity index (χ0) is 14.9. The third-order valence-corrected chi connectivity index (χ3v) is 4.87. The second-order valence-electron chi connectivity index (χ2n) is 5.83. The van der Waals surface area contributed by atoms with Crippen molar-refractivity contribution in [3.63, 3.8) is 0 Å². The molecule has 3 aliphatic rings. The lowest BCUT2D eigenvalue weighted by atomic mass is 9.58. The van der Waals surface area contributed by atoms with Crippen molar-refractivity contribution in [2.45, 2.75) is 32.2 Å². The molecule has 4 unspecified atom stereocenters. The Morgan fingerprint density at radius 2 is 2.05 bits per heavy atom. The van der Waals surface area contributed by atoms with Crippen LogP contribution >= 0.6 is 0 Å². The smallest absolute Gasteiger partial charge is 0.336 e. The molecule has 106 valence electrons. The van der Waals surface area contributed by atoms with Crippen molar-refractivity contribution >= 4 is 11.9 Å². The van der Waals surface area contributed by atoms with Crippen LogP contribution in [0.25, 0.3) is 0 Å². The fourth-order valence-electron chi connectivity index (χ4n) is 3.49. The van der Waals surface area contributed by atoms with Gasteiger partial charge in [-0.25, -0.2) is 9.59 Å². The van der Waals surface area contributed by atoms with E-state index in [0.29, 0.717) is 23.1 Å². The third kappa shape index (κ3) is 1.26. The number of aliphatic hydroxyl groups is 1. The van der Waals surface area contributed by atoms with Gasteiger partial charge in [-0.05, 0) is 13.3 Å². The molecular formula is C15H16O5. The summed E-state index contributed by atoms with van der Waals surface area (Å²) in [5.74, 6) is -3.29. The zero-order valence-corrected chi connectivity index (χ0v) is 11.4. The molecule has 1 saturated carbocycles. The Hall–Kier alpha value is -1.88. The summed E-state index contributed by atoms with van der Waals surface area (Å²) in [6.45, 7) is 11.0. The number of carbonyl (C=O) groups excluding carboxylic acids is 2. The van der Waals surface area contributed by atoms with Gasteiger partial charge < -0.3 is 14.6 Å². The van der Waals surface area contributed by atoms with Crippen LogP contribution in [0.3, 0.4) is 0 Å². The molecule has 0 radical (unpaired) electrons. The number of ether oxygens (including phenoxy) is 2. The number of fused-ring (bicyclic) bond motifs is 4. The minimum Gasteiger partial charge on any atom is -0.451 e. The van der Waals surface area contributed by atoms with Gasteiger partial charge in [0, 0.05) is 28.1 Å². The predicted octanol–water partition coefficient (Wildman–Crippen LogP) is 1.24. The fourth-order valence-corrected chi connectivity index (χ4v) is 3.49. The van der Waals surface area contributed by atoms with E-state index < -0.39 is 29.2 Å². The first kappa shape index (κ1) is 13.1. The average molecular weight is 276 g/mol. The molecule has 1 saturated heterocycles. The Bertz CT molecular complexity index is 601. The summed E-state index contributed by atoms with van der Waals surface area (Å²) in [5.41, 5.74) is 0.462. The topological polar surface area (TPSA) is 72.8 Å². The van der Waals surface area contributed by atoms with Gasteiger partial charge in [0.05, 0.1) is 0 Å². The number of carbonyl (C=O) groups is 2. The molecule has 0 amide bonds. The summed E-state index contributed by atoms with van der Waals surface area (Å²) in [7, 11) is 0. The van der Waals surface area contributed by atoms with E-state index in [1.807, 2.05) is 6.92 Å². The molecule has 1 N–H and O–H groups in total. The van der Waals surface area contributed by atoms with Crippen molar-refractivity contribution < 1.29 is 24.2 Å². The van der Waals surface area contributed by atoms with E-state index in [-0.39, 0.29) is 5.92 Å². The van der Waals surface area contributed by atoms with Gasteiger partial charge in [0.25, 0.3) is 5.79 Å². The van der Waals surface area contributed by atoms with Gasteiger partial charge in [0.2, 0.25) is 0 Å². The number of hydrogen-bond acceptors (Lipinski definition) is 5. The predicted molar refractivity (Wildman–Crippen MR) is 69.2 cm³/mol. The summed E-state index contributed by atoms with van der Waals surface area (Å²) in [6, 6.07) is 0. The van der Waals surface area contributed by atoms with Gasteiger partial charge in [-0.3, -0.25) is 0 Å². The van der Waals surface area contributed by atoms with Crippen LogP contribution in [-0.4, -0.2) is 28.9 Å². The third-order valence-electron chi connectivity index (χ3n) is 4.87. The maximum absolute atomic E-state index is 11.9. The average Bonchev–Trinajstić information content (AvgIpc) is 2.61. The molecule has 5 nitrogen and oxygen atoms in total. The van der Waals surface area contributed by atoms with E-state index in [1.54, 1.807) is 13.0 Å². The lowest BCUT2D eigenvalue weighted by Gasteiger charge is -2.54.